The lowest BCUT2D eigenvalue weighted by molar-refractivity contribution is -0.137. The van der Waals surface area contributed by atoms with Gasteiger partial charge >= 0.3 is 6.18 Å². The number of aromatic nitrogens is 1. The maximum absolute atomic E-state index is 12.4. The normalized spacial score (nSPS) is 11.6. The van der Waals surface area contributed by atoms with Gasteiger partial charge in [-0.3, -0.25) is 0 Å². The van der Waals surface area contributed by atoms with Gasteiger partial charge in [-0.15, -0.1) is 0 Å². The Morgan fingerprint density at radius 2 is 1.56 bits per heavy atom. The number of hydrogen-bond acceptors (Lipinski definition) is 1. The van der Waals surface area contributed by atoms with Crippen LogP contribution in [0.2, 0.25) is 5.15 Å². The molecule has 0 unspecified atom stereocenters. The number of halogens is 4. The molecule has 2 aromatic rings. The second-order valence-electron chi connectivity index (χ2n) is 3.86. The van der Waals surface area contributed by atoms with Gasteiger partial charge in [0.1, 0.15) is 5.15 Å². The number of pyridine rings is 1. The summed E-state index contributed by atoms with van der Waals surface area (Å²) in [4.78, 5) is 3.92. The van der Waals surface area contributed by atoms with Crippen molar-refractivity contribution >= 4 is 11.6 Å². The van der Waals surface area contributed by atoms with Crippen LogP contribution in [0.15, 0.2) is 42.6 Å². The van der Waals surface area contributed by atoms with Gasteiger partial charge in [0.25, 0.3) is 0 Å². The van der Waals surface area contributed by atoms with Crippen molar-refractivity contribution in [3.05, 3.63) is 64.4 Å². The van der Waals surface area contributed by atoms with Crippen molar-refractivity contribution in [3.63, 3.8) is 0 Å². The first-order valence-electron chi connectivity index (χ1n) is 5.22. The molecule has 5 heteroatoms. The summed E-state index contributed by atoms with van der Waals surface area (Å²) in [7, 11) is 0. The largest absolute Gasteiger partial charge is 0.416 e. The maximum Gasteiger partial charge on any atom is 0.416 e. The Bertz CT molecular complexity index is 517. The Kier molecular flexibility index (Phi) is 3.57. The van der Waals surface area contributed by atoms with Gasteiger partial charge in [0.2, 0.25) is 0 Å². The minimum absolute atomic E-state index is 0.395. The van der Waals surface area contributed by atoms with Crippen molar-refractivity contribution in [1.29, 1.82) is 0 Å². The van der Waals surface area contributed by atoms with E-state index >= 15 is 0 Å². The van der Waals surface area contributed by atoms with Crippen LogP contribution in [0, 0.1) is 0 Å². The van der Waals surface area contributed by atoms with Crippen LogP contribution < -0.4 is 0 Å². The Morgan fingerprint density at radius 3 is 2.06 bits per heavy atom. The second-order valence-corrected chi connectivity index (χ2v) is 4.25. The number of hydrogen-bond donors (Lipinski definition) is 0. The molecule has 0 radical (unpaired) electrons. The molecule has 0 fully saturated rings. The summed E-state index contributed by atoms with van der Waals surface area (Å²) in [6.07, 6.45) is -2.15. The zero-order chi connectivity index (χ0) is 13.2. The van der Waals surface area contributed by atoms with Crippen LogP contribution in [-0.2, 0) is 12.6 Å². The predicted molar refractivity (Wildman–Crippen MR) is 63.5 cm³/mol. The Labute approximate surface area is 107 Å². The standard InChI is InChI=1S/C13H9ClF3N/c14-12-6-3-10(8-18-12)7-9-1-4-11(5-2-9)13(15,16)17/h1-6,8H,7H2. The fraction of sp³-hybridized carbons (Fsp3) is 0.154. The van der Waals surface area contributed by atoms with Crippen molar-refractivity contribution in [1.82, 2.24) is 4.98 Å². The van der Waals surface area contributed by atoms with Crippen molar-refractivity contribution < 1.29 is 13.2 Å². The molecule has 94 valence electrons. The minimum Gasteiger partial charge on any atom is -0.244 e. The SMILES string of the molecule is FC(F)(F)c1ccc(Cc2ccc(Cl)nc2)cc1. The molecule has 0 aliphatic rings. The summed E-state index contributed by atoms with van der Waals surface area (Å²) in [6.45, 7) is 0. The molecule has 0 saturated carbocycles. The van der Waals surface area contributed by atoms with E-state index in [1.54, 1.807) is 18.3 Å². The average Bonchev–Trinajstić information content (AvgIpc) is 2.32. The minimum atomic E-state index is -4.29. The van der Waals surface area contributed by atoms with E-state index in [9.17, 15) is 13.2 Å². The molecule has 0 amide bonds. The molecule has 0 saturated heterocycles. The number of rotatable bonds is 2. The summed E-state index contributed by atoms with van der Waals surface area (Å²) < 4.78 is 37.1. The van der Waals surface area contributed by atoms with Crippen molar-refractivity contribution in [2.45, 2.75) is 12.6 Å². The van der Waals surface area contributed by atoms with Gasteiger partial charge < -0.3 is 0 Å². The molecule has 2 rings (SSSR count). The van der Waals surface area contributed by atoms with Crippen LogP contribution >= 0.6 is 11.6 Å². The van der Waals surface area contributed by atoms with Crippen LogP contribution in [0.4, 0.5) is 13.2 Å². The molecule has 0 aliphatic carbocycles. The summed E-state index contributed by atoms with van der Waals surface area (Å²) in [6, 6.07) is 8.56. The monoisotopic (exact) mass is 271 g/mol. The fourth-order valence-corrected chi connectivity index (χ4v) is 1.67. The van der Waals surface area contributed by atoms with E-state index in [0.717, 1.165) is 23.3 Å². The summed E-state index contributed by atoms with van der Waals surface area (Å²) in [5.74, 6) is 0. The third kappa shape index (κ3) is 3.23. The van der Waals surface area contributed by atoms with Gasteiger partial charge in [0.15, 0.2) is 0 Å². The molecule has 1 aromatic heterocycles. The second kappa shape index (κ2) is 4.98. The predicted octanol–water partition coefficient (Wildman–Crippen LogP) is 4.34. The van der Waals surface area contributed by atoms with Crippen molar-refractivity contribution in [2.24, 2.45) is 0 Å². The quantitative estimate of drug-likeness (QED) is 0.740. The van der Waals surface area contributed by atoms with Crippen LogP contribution in [0.3, 0.4) is 0 Å². The van der Waals surface area contributed by atoms with Crippen LogP contribution in [0.1, 0.15) is 16.7 Å². The average molecular weight is 272 g/mol. The van der Waals surface area contributed by atoms with E-state index in [1.165, 1.54) is 12.1 Å². The third-order valence-corrected chi connectivity index (χ3v) is 2.70. The van der Waals surface area contributed by atoms with Gasteiger partial charge in [-0.2, -0.15) is 13.2 Å². The summed E-state index contributed by atoms with van der Waals surface area (Å²) >= 11 is 5.65. The first-order chi connectivity index (χ1) is 8.45. The fourth-order valence-electron chi connectivity index (χ4n) is 1.56. The van der Waals surface area contributed by atoms with Gasteiger partial charge in [0, 0.05) is 6.20 Å². The third-order valence-electron chi connectivity index (χ3n) is 2.48. The molecular weight excluding hydrogens is 263 g/mol. The van der Waals surface area contributed by atoms with Crippen LogP contribution in [0.25, 0.3) is 0 Å². The molecule has 0 bridgehead atoms. The smallest absolute Gasteiger partial charge is 0.244 e. The van der Waals surface area contributed by atoms with E-state index in [4.69, 9.17) is 11.6 Å². The molecule has 1 heterocycles. The van der Waals surface area contributed by atoms with Crippen LogP contribution in [-0.4, -0.2) is 4.98 Å². The van der Waals surface area contributed by atoms with E-state index in [1.807, 2.05) is 0 Å². The Morgan fingerprint density at radius 1 is 0.944 bits per heavy atom. The zero-order valence-electron chi connectivity index (χ0n) is 9.21. The van der Waals surface area contributed by atoms with Gasteiger partial charge in [-0.25, -0.2) is 4.98 Å². The van der Waals surface area contributed by atoms with Gasteiger partial charge in [0.05, 0.1) is 5.56 Å². The van der Waals surface area contributed by atoms with Gasteiger partial charge in [-0.1, -0.05) is 29.8 Å². The zero-order valence-corrected chi connectivity index (χ0v) is 9.96. The highest BCUT2D eigenvalue weighted by molar-refractivity contribution is 6.29. The highest BCUT2D eigenvalue weighted by Crippen LogP contribution is 2.29. The molecule has 0 atom stereocenters. The first-order valence-corrected chi connectivity index (χ1v) is 5.59. The van der Waals surface area contributed by atoms with E-state index in [2.05, 4.69) is 4.98 Å². The molecule has 0 spiro atoms. The lowest BCUT2D eigenvalue weighted by atomic mass is 10.0. The molecule has 18 heavy (non-hydrogen) atoms. The molecule has 1 nitrogen and oxygen atoms in total. The van der Waals surface area contributed by atoms with Crippen molar-refractivity contribution in [2.75, 3.05) is 0 Å². The number of alkyl halides is 3. The lowest BCUT2D eigenvalue weighted by Gasteiger charge is -2.07. The summed E-state index contributed by atoms with van der Waals surface area (Å²) in [5.41, 5.74) is 1.06. The molecular formula is C13H9ClF3N. The number of benzene rings is 1. The maximum atomic E-state index is 12.4. The highest BCUT2D eigenvalue weighted by atomic mass is 35.5. The van der Waals surface area contributed by atoms with Crippen molar-refractivity contribution in [3.8, 4) is 0 Å². The highest BCUT2D eigenvalue weighted by Gasteiger charge is 2.29. The van der Waals surface area contributed by atoms with E-state index in [0.29, 0.717) is 11.6 Å². The number of nitrogens with zero attached hydrogens (tertiary/aromatic N) is 1. The molecule has 1 aromatic carbocycles. The van der Waals surface area contributed by atoms with E-state index in [-0.39, 0.29) is 0 Å². The Balaban J connectivity index is 2.13. The Hall–Kier alpha value is -1.55. The summed E-state index contributed by atoms with van der Waals surface area (Å²) in [5, 5.41) is 0.395. The molecule has 0 N–H and O–H groups in total. The lowest BCUT2D eigenvalue weighted by Crippen LogP contribution is -2.04. The van der Waals surface area contributed by atoms with Gasteiger partial charge in [-0.05, 0) is 35.7 Å². The topological polar surface area (TPSA) is 12.9 Å². The van der Waals surface area contributed by atoms with Crippen LogP contribution in [0.5, 0.6) is 0 Å². The molecule has 0 aliphatic heterocycles. The van der Waals surface area contributed by atoms with E-state index < -0.39 is 11.7 Å². The first kappa shape index (κ1) is 12.9.